The maximum Gasteiger partial charge on any atom is 0.416 e. The summed E-state index contributed by atoms with van der Waals surface area (Å²) >= 11 is 5.53. The first-order valence-electron chi connectivity index (χ1n) is 4.64. The fourth-order valence-electron chi connectivity index (χ4n) is 1.84. The minimum absolute atomic E-state index is 0.0108. The SMILES string of the molecule is OC1NCc2c1cc(CCl)cc2C(F)(F)F. The molecular weight excluding hydrogens is 243 g/mol. The van der Waals surface area contributed by atoms with Crippen molar-refractivity contribution in [2.24, 2.45) is 0 Å². The minimum atomic E-state index is -4.42. The van der Waals surface area contributed by atoms with Crippen LogP contribution in [0.25, 0.3) is 0 Å². The zero-order chi connectivity index (χ0) is 11.9. The van der Waals surface area contributed by atoms with Crippen LogP contribution in [-0.4, -0.2) is 5.11 Å². The highest BCUT2D eigenvalue weighted by molar-refractivity contribution is 6.17. The Morgan fingerprint density at radius 2 is 2.12 bits per heavy atom. The molecule has 16 heavy (non-hydrogen) atoms. The van der Waals surface area contributed by atoms with E-state index in [-0.39, 0.29) is 23.6 Å². The fraction of sp³-hybridized carbons (Fsp3) is 0.400. The standard InChI is InChI=1S/C10H9ClF3NO/c11-3-5-1-6-7(4-15-9(6)16)8(2-5)10(12,13)14/h1-2,9,15-16H,3-4H2. The average molecular weight is 252 g/mol. The van der Waals surface area contributed by atoms with Gasteiger partial charge in [-0.15, -0.1) is 11.6 Å². The largest absolute Gasteiger partial charge is 0.416 e. The van der Waals surface area contributed by atoms with Gasteiger partial charge in [0.1, 0.15) is 6.23 Å². The van der Waals surface area contributed by atoms with Crippen LogP contribution in [0.4, 0.5) is 13.2 Å². The molecule has 2 nitrogen and oxygen atoms in total. The summed E-state index contributed by atoms with van der Waals surface area (Å²) in [5.74, 6) is -0.0108. The van der Waals surface area contributed by atoms with Crippen LogP contribution in [0.3, 0.4) is 0 Å². The molecule has 1 aliphatic rings. The van der Waals surface area contributed by atoms with Gasteiger partial charge in [-0.05, 0) is 17.2 Å². The molecule has 1 unspecified atom stereocenters. The van der Waals surface area contributed by atoms with Crippen LogP contribution in [-0.2, 0) is 18.6 Å². The van der Waals surface area contributed by atoms with Gasteiger partial charge in [0, 0.05) is 18.0 Å². The van der Waals surface area contributed by atoms with Gasteiger partial charge in [-0.2, -0.15) is 13.2 Å². The zero-order valence-electron chi connectivity index (χ0n) is 8.11. The number of hydrogen-bond donors (Lipinski definition) is 2. The molecule has 1 aliphatic heterocycles. The summed E-state index contributed by atoms with van der Waals surface area (Å²) in [7, 11) is 0. The Labute approximate surface area is 95.0 Å². The van der Waals surface area contributed by atoms with E-state index in [2.05, 4.69) is 5.32 Å². The van der Waals surface area contributed by atoms with E-state index in [0.29, 0.717) is 5.56 Å². The summed E-state index contributed by atoms with van der Waals surface area (Å²) in [6.45, 7) is 0.0217. The molecule has 0 saturated heterocycles. The Balaban J connectivity index is 2.61. The van der Waals surface area contributed by atoms with Crippen molar-refractivity contribution in [3.05, 3.63) is 34.4 Å². The maximum atomic E-state index is 12.7. The van der Waals surface area contributed by atoms with Crippen molar-refractivity contribution >= 4 is 11.6 Å². The molecule has 1 aromatic carbocycles. The number of rotatable bonds is 1. The van der Waals surface area contributed by atoms with Gasteiger partial charge in [-0.25, -0.2) is 0 Å². The highest BCUT2D eigenvalue weighted by Crippen LogP contribution is 2.38. The predicted molar refractivity (Wildman–Crippen MR) is 52.8 cm³/mol. The lowest BCUT2D eigenvalue weighted by molar-refractivity contribution is -0.138. The smallest absolute Gasteiger partial charge is 0.374 e. The molecule has 2 N–H and O–H groups in total. The van der Waals surface area contributed by atoms with Crippen LogP contribution in [0.2, 0.25) is 0 Å². The topological polar surface area (TPSA) is 32.3 Å². The molecule has 2 rings (SSSR count). The van der Waals surface area contributed by atoms with Crippen LogP contribution < -0.4 is 5.32 Å². The second-order valence-corrected chi connectivity index (χ2v) is 3.89. The minimum Gasteiger partial charge on any atom is -0.374 e. The van der Waals surface area contributed by atoms with Gasteiger partial charge in [0.2, 0.25) is 0 Å². The normalized spacial score (nSPS) is 19.9. The van der Waals surface area contributed by atoms with Crippen molar-refractivity contribution in [2.75, 3.05) is 0 Å². The fourth-order valence-corrected chi connectivity index (χ4v) is 1.99. The van der Waals surface area contributed by atoms with E-state index >= 15 is 0 Å². The highest BCUT2D eigenvalue weighted by Gasteiger charge is 2.37. The summed E-state index contributed by atoms with van der Waals surface area (Å²) in [6.07, 6.45) is -5.46. The number of aliphatic hydroxyl groups is 1. The van der Waals surface area contributed by atoms with Gasteiger partial charge < -0.3 is 5.11 Å². The third kappa shape index (κ3) is 1.90. The Morgan fingerprint density at radius 3 is 2.69 bits per heavy atom. The lowest BCUT2D eigenvalue weighted by Crippen LogP contribution is -2.11. The van der Waals surface area contributed by atoms with Gasteiger partial charge in [-0.3, -0.25) is 5.32 Å². The number of aliphatic hydroxyl groups excluding tert-OH is 1. The van der Waals surface area contributed by atoms with E-state index in [1.807, 2.05) is 0 Å². The van der Waals surface area contributed by atoms with Crippen LogP contribution in [0.5, 0.6) is 0 Å². The van der Waals surface area contributed by atoms with Gasteiger partial charge in [0.25, 0.3) is 0 Å². The lowest BCUT2D eigenvalue weighted by Gasteiger charge is -2.13. The molecule has 0 saturated carbocycles. The molecule has 1 aromatic rings. The molecule has 1 heterocycles. The Bertz CT molecular complexity index is 419. The second kappa shape index (κ2) is 3.91. The number of hydrogen-bond acceptors (Lipinski definition) is 2. The van der Waals surface area contributed by atoms with E-state index in [1.54, 1.807) is 0 Å². The third-order valence-corrected chi connectivity index (χ3v) is 2.88. The van der Waals surface area contributed by atoms with Crippen molar-refractivity contribution < 1.29 is 18.3 Å². The number of halogens is 4. The average Bonchev–Trinajstić information content (AvgIpc) is 2.58. The van der Waals surface area contributed by atoms with Crippen molar-refractivity contribution in [3.8, 4) is 0 Å². The molecule has 0 aromatic heterocycles. The van der Waals surface area contributed by atoms with E-state index in [0.717, 1.165) is 6.07 Å². The quantitative estimate of drug-likeness (QED) is 0.752. The number of benzene rings is 1. The predicted octanol–water partition coefficient (Wildman–Crippen LogP) is 2.54. The van der Waals surface area contributed by atoms with E-state index in [1.165, 1.54) is 6.07 Å². The molecular formula is C10H9ClF3NO. The van der Waals surface area contributed by atoms with Crippen LogP contribution in [0.15, 0.2) is 12.1 Å². The van der Waals surface area contributed by atoms with Gasteiger partial charge >= 0.3 is 6.18 Å². The molecule has 1 atom stereocenters. The summed E-state index contributed by atoms with van der Waals surface area (Å²) < 4.78 is 38.2. The molecule has 0 radical (unpaired) electrons. The summed E-state index contributed by atoms with van der Waals surface area (Å²) in [5.41, 5.74) is 0.0135. The maximum absolute atomic E-state index is 12.7. The van der Waals surface area contributed by atoms with E-state index in [9.17, 15) is 18.3 Å². The van der Waals surface area contributed by atoms with Gasteiger partial charge in [0.05, 0.1) is 5.56 Å². The van der Waals surface area contributed by atoms with Crippen LogP contribution in [0.1, 0.15) is 28.5 Å². The van der Waals surface area contributed by atoms with Crippen molar-refractivity contribution in [1.29, 1.82) is 0 Å². The first-order valence-corrected chi connectivity index (χ1v) is 5.17. The monoisotopic (exact) mass is 251 g/mol. The lowest BCUT2D eigenvalue weighted by atomic mass is 9.99. The van der Waals surface area contributed by atoms with E-state index in [4.69, 9.17) is 11.6 Å². The molecule has 0 spiro atoms. The highest BCUT2D eigenvalue weighted by atomic mass is 35.5. The van der Waals surface area contributed by atoms with E-state index < -0.39 is 18.0 Å². The van der Waals surface area contributed by atoms with Crippen LogP contribution in [0, 0.1) is 0 Å². The Hall–Kier alpha value is -0.780. The molecule has 0 amide bonds. The molecule has 88 valence electrons. The molecule has 0 aliphatic carbocycles. The Kier molecular flexibility index (Phi) is 2.86. The van der Waals surface area contributed by atoms with Crippen molar-refractivity contribution in [2.45, 2.75) is 24.8 Å². The first-order chi connectivity index (χ1) is 7.43. The van der Waals surface area contributed by atoms with Crippen molar-refractivity contribution in [1.82, 2.24) is 5.32 Å². The van der Waals surface area contributed by atoms with Crippen LogP contribution >= 0.6 is 11.6 Å². The third-order valence-electron chi connectivity index (χ3n) is 2.57. The van der Waals surface area contributed by atoms with Gasteiger partial charge in [0.15, 0.2) is 0 Å². The number of alkyl halides is 4. The zero-order valence-corrected chi connectivity index (χ0v) is 8.86. The second-order valence-electron chi connectivity index (χ2n) is 3.63. The van der Waals surface area contributed by atoms with Gasteiger partial charge in [-0.1, -0.05) is 6.07 Å². The summed E-state index contributed by atoms with van der Waals surface area (Å²) in [4.78, 5) is 0. The number of fused-ring (bicyclic) bond motifs is 1. The van der Waals surface area contributed by atoms with Crippen molar-refractivity contribution in [3.63, 3.8) is 0 Å². The summed E-state index contributed by atoms with van der Waals surface area (Å²) in [6, 6.07) is 2.54. The Morgan fingerprint density at radius 1 is 1.44 bits per heavy atom. The molecule has 0 fully saturated rings. The summed E-state index contributed by atoms with van der Waals surface area (Å²) in [5, 5.41) is 12.0. The number of nitrogens with one attached hydrogen (secondary N) is 1. The molecule has 6 heteroatoms. The first kappa shape index (κ1) is 11.7. The molecule has 0 bridgehead atoms.